The van der Waals surface area contributed by atoms with E-state index in [1.54, 1.807) is 18.2 Å². The lowest BCUT2D eigenvalue weighted by Gasteiger charge is -2.30. The number of hydrogen-bond donors (Lipinski definition) is 1. The lowest BCUT2D eigenvalue weighted by Crippen LogP contribution is -2.39. The third-order valence-electron chi connectivity index (χ3n) is 4.39. The molecule has 2 aliphatic rings. The molecule has 0 atom stereocenters. The Morgan fingerprint density at radius 1 is 1.04 bits per heavy atom. The number of carbonyl (C=O) groups excluding carboxylic acids is 1. The average Bonchev–Trinajstić information content (AvgIpc) is 2.65. The molecular formula is C18H16F2N2O3. The van der Waals surface area contributed by atoms with Crippen molar-refractivity contribution in [2.24, 2.45) is 0 Å². The molecule has 7 heteroatoms. The first-order valence-electron chi connectivity index (χ1n) is 8.04. The molecule has 2 amide bonds. The van der Waals surface area contributed by atoms with Crippen molar-refractivity contribution < 1.29 is 23.0 Å². The minimum absolute atomic E-state index is 0.0249. The molecule has 0 bridgehead atoms. The Labute approximate surface area is 143 Å². The SMILES string of the molecule is O=C(Nc1cccc2c1OCCO2)N1CCc2c(F)ccc(F)c2C1. The van der Waals surface area contributed by atoms with Gasteiger partial charge in [-0.05, 0) is 36.2 Å². The minimum Gasteiger partial charge on any atom is -0.486 e. The maximum Gasteiger partial charge on any atom is 0.322 e. The molecule has 1 N–H and O–H groups in total. The van der Waals surface area contributed by atoms with Gasteiger partial charge < -0.3 is 19.7 Å². The molecular weight excluding hydrogens is 330 g/mol. The number of amides is 2. The second kappa shape index (κ2) is 6.23. The molecule has 0 aromatic heterocycles. The molecule has 2 heterocycles. The van der Waals surface area contributed by atoms with Gasteiger partial charge in [0.1, 0.15) is 24.8 Å². The van der Waals surface area contributed by atoms with Gasteiger partial charge in [0.05, 0.1) is 12.2 Å². The van der Waals surface area contributed by atoms with Crippen LogP contribution >= 0.6 is 0 Å². The summed E-state index contributed by atoms with van der Waals surface area (Å²) in [4.78, 5) is 14.0. The third-order valence-corrected chi connectivity index (χ3v) is 4.39. The molecule has 0 spiro atoms. The molecule has 0 aliphatic carbocycles. The topological polar surface area (TPSA) is 50.8 Å². The van der Waals surface area contributed by atoms with Crippen molar-refractivity contribution in [3.05, 3.63) is 53.1 Å². The van der Waals surface area contributed by atoms with E-state index in [0.717, 1.165) is 12.1 Å². The molecule has 0 fully saturated rings. The van der Waals surface area contributed by atoms with Gasteiger partial charge in [-0.25, -0.2) is 13.6 Å². The highest BCUT2D eigenvalue weighted by Crippen LogP contribution is 2.37. The fraction of sp³-hybridized carbons (Fsp3) is 0.278. The number of carbonyl (C=O) groups is 1. The van der Waals surface area contributed by atoms with Crippen molar-refractivity contribution in [2.75, 3.05) is 25.1 Å². The number of nitrogens with zero attached hydrogens (tertiary/aromatic N) is 1. The van der Waals surface area contributed by atoms with Crippen LogP contribution in [0.5, 0.6) is 11.5 Å². The molecule has 130 valence electrons. The van der Waals surface area contributed by atoms with Gasteiger partial charge in [0.2, 0.25) is 0 Å². The van der Waals surface area contributed by atoms with E-state index in [1.807, 2.05) is 0 Å². The number of hydrogen-bond acceptors (Lipinski definition) is 3. The van der Waals surface area contributed by atoms with Crippen LogP contribution < -0.4 is 14.8 Å². The first kappa shape index (κ1) is 15.7. The zero-order valence-electron chi connectivity index (χ0n) is 13.4. The second-order valence-corrected chi connectivity index (χ2v) is 5.92. The number of rotatable bonds is 1. The lowest BCUT2D eigenvalue weighted by molar-refractivity contribution is 0.172. The highest BCUT2D eigenvalue weighted by Gasteiger charge is 2.26. The van der Waals surface area contributed by atoms with Crippen LogP contribution in [-0.4, -0.2) is 30.7 Å². The standard InChI is InChI=1S/C18H16F2N2O3/c19-13-4-5-14(20)12-10-22(7-6-11(12)13)18(23)21-15-2-1-3-16-17(15)25-9-8-24-16/h1-5H,6-10H2,(H,21,23). The molecule has 0 saturated heterocycles. The number of halogens is 2. The smallest absolute Gasteiger partial charge is 0.322 e. The molecule has 25 heavy (non-hydrogen) atoms. The van der Waals surface area contributed by atoms with Gasteiger partial charge in [0.25, 0.3) is 0 Å². The third kappa shape index (κ3) is 2.86. The summed E-state index contributed by atoms with van der Waals surface area (Å²) in [6.07, 6.45) is 0.277. The van der Waals surface area contributed by atoms with E-state index >= 15 is 0 Å². The Balaban J connectivity index is 1.54. The molecule has 5 nitrogen and oxygen atoms in total. The number of fused-ring (bicyclic) bond motifs is 2. The molecule has 2 aromatic carbocycles. The van der Waals surface area contributed by atoms with Crippen LogP contribution in [0.15, 0.2) is 30.3 Å². The number of nitrogens with one attached hydrogen (secondary N) is 1. The number of anilines is 1. The summed E-state index contributed by atoms with van der Waals surface area (Å²) < 4.78 is 38.8. The van der Waals surface area contributed by atoms with E-state index in [2.05, 4.69) is 5.32 Å². The number of para-hydroxylation sites is 1. The van der Waals surface area contributed by atoms with Gasteiger partial charge in [-0.2, -0.15) is 0 Å². The lowest BCUT2D eigenvalue weighted by atomic mass is 9.99. The predicted octanol–water partition coefficient (Wildman–Crippen LogP) is 3.33. The Kier molecular flexibility index (Phi) is 3.91. The maximum atomic E-state index is 14.0. The van der Waals surface area contributed by atoms with Crippen LogP contribution in [0.4, 0.5) is 19.3 Å². The Morgan fingerprint density at radius 3 is 2.64 bits per heavy atom. The van der Waals surface area contributed by atoms with Gasteiger partial charge in [-0.1, -0.05) is 6.07 Å². The molecule has 2 aliphatic heterocycles. The van der Waals surface area contributed by atoms with Gasteiger partial charge >= 0.3 is 6.03 Å². The Hall–Kier alpha value is -2.83. The van der Waals surface area contributed by atoms with Crippen molar-refractivity contribution in [3.8, 4) is 11.5 Å². The first-order valence-corrected chi connectivity index (χ1v) is 8.04. The van der Waals surface area contributed by atoms with Crippen molar-refractivity contribution in [3.63, 3.8) is 0 Å². The van der Waals surface area contributed by atoms with Gasteiger partial charge in [0, 0.05) is 12.1 Å². The fourth-order valence-corrected chi connectivity index (χ4v) is 3.13. The summed E-state index contributed by atoms with van der Waals surface area (Å²) in [5.74, 6) is 0.125. The normalized spacial score (nSPS) is 15.5. The van der Waals surface area contributed by atoms with Crippen molar-refractivity contribution in [1.29, 1.82) is 0 Å². The molecule has 0 unspecified atom stereocenters. The largest absolute Gasteiger partial charge is 0.486 e. The maximum absolute atomic E-state index is 14.0. The summed E-state index contributed by atoms with van der Waals surface area (Å²) in [7, 11) is 0. The Morgan fingerprint density at radius 2 is 1.80 bits per heavy atom. The fourth-order valence-electron chi connectivity index (χ4n) is 3.13. The van der Waals surface area contributed by atoms with Crippen molar-refractivity contribution in [2.45, 2.75) is 13.0 Å². The van der Waals surface area contributed by atoms with E-state index in [0.29, 0.717) is 42.5 Å². The first-order chi connectivity index (χ1) is 12.1. The number of benzene rings is 2. The van der Waals surface area contributed by atoms with Gasteiger partial charge in [-0.15, -0.1) is 0 Å². The summed E-state index contributed by atoms with van der Waals surface area (Å²) in [5, 5.41) is 2.77. The van der Waals surface area contributed by atoms with Crippen molar-refractivity contribution in [1.82, 2.24) is 4.90 Å². The van der Waals surface area contributed by atoms with E-state index in [-0.39, 0.29) is 18.5 Å². The number of ether oxygens (including phenoxy) is 2. The predicted molar refractivity (Wildman–Crippen MR) is 86.9 cm³/mol. The zero-order chi connectivity index (χ0) is 17.4. The second-order valence-electron chi connectivity index (χ2n) is 5.92. The highest BCUT2D eigenvalue weighted by atomic mass is 19.1. The van der Waals surface area contributed by atoms with Crippen LogP contribution in [0.25, 0.3) is 0 Å². The summed E-state index contributed by atoms with van der Waals surface area (Å²) in [5.41, 5.74) is 1.07. The van der Waals surface area contributed by atoms with E-state index < -0.39 is 17.7 Å². The van der Waals surface area contributed by atoms with Gasteiger partial charge in [-0.3, -0.25) is 0 Å². The van der Waals surface area contributed by atoms with Crippen molar-refractivity contribution >= 4 is 11.7 Å². The molecule has 2 aromatic rings. The van der Waals surface area contributed by atoms with E-state index in [1.165, 1.54) is 4.90 Å². The van der Waals surface area contributed by atoms with E-state index in [9.17, 15) is 13.6 Å². The Bertz CT molecular complexity index is 841. The van der Waals surface area contributed by atoms with Crippen LogP contribution in [0.2, 0.25) is 0 Å². The molecule has 4 rings (SSSR count). The highest BCUT2D eigenvalue weighted by molar-refractivity contribution is 5.91. The molecule has 0 radical (unpaired) electrons. The van der Waals surface area contributed by atoms with Crippen LogP contribution in [0.3, 0.4) is 0 Å². The van der Waals surface area contributed by atoms with Crippen LogP contribution in [0.1, 0.15) is 11.1 Å². The molecule has 0 saturated carbocycles. The summed E-state index contributed by atoms with van der Waals surface area (Å²) in [6, 6.07) is 7.05. The quantitative estimate of drug-likeness (QED) is 0.862. The monoisotopic (exact) mass is 346 g/mol. The van der Waals surface area contributed by atoms with E-state index in [4.69, 9.17) is 9.47 Å². The summed E-state index contributed by atoms with van der Waals surface area (Å²) in [6.45, 7) is 1.20. The summed E-state index contributed by atoms with van der Waals surface area (Å²) >= 11 is 0. The average molecular weight is 346 g/mol. The minimum atomic E-state index is -0.497. The van der Waals surface area contributed by atoms with Crippen LogP contribution in [-0.2, 0) is 13.0 Å². The zero-order valence-corrected chi connectivity index (χ0v) is 13.4. The number of urea groups is 1. The van der Waals surface area contributed by atoms with Crippen LogP contribution in [0, 0.1) is 11.6 Å². The van der Waals surface area contributed by atoms with Gasteiger partial charge in [0.15, 0.2) is 11.5 Å².